The van der Waals surface area contributed by atoms with Crippen molar-refractivity contribution in [3.8, 4) is 0 Å². The molecule has 7 heteroatoms. The average Bonchev–Trinajstić information content (AvgIpc) is 2.35. The van der Waals surface area contributed by atoms with Crippen molar-refractivity contribution in [2.75, 3.05) is 0 Å². The number of aromatic nitrogens is 2. The molecule has 1 heterocycles. The summed E-state index contributed by atoms with van der Waals surface area (Å²) in [6, 6.07) is 0.284. The molecule has 1 atom stereocenters. The minimum atomic E-state index is -1.04. The number of aryl methyl sites for hydroxylation is 1. The zero-order valence-corrected chi connectivity index (χ0v) is 11.9. The van der Waals surface area contributed by atoms with Crippen LogP contribution in [0.25, 0.3) is 0 Å². The lowest BCUT2D eigenvalue weighted by Gasteiger charge is -2.16. The van der Waals surface area contributed by atoms with E-state index in [2.05, 4.69) is 20.6 Å². The van der Waals surface area contributed by atoms with Crippen molar-refractivity contribution >= 4 is 12.0 Å². The Labute approximate surface area is 117 Å². The number of amides is 2. The van der Waals surface area contributed by atoms with E-state index in [1.54, 1.807) is 19.2 Å². The Kier molecular flexibility index (Phi) is 5.89. The summed E-state index contributed by atoms with van der Waals surface area (Å²) in [6.07, 6.45) is 1.99. The van der Waals surface area contributed by atoms with Crippen molar-refractivity contribution in [3.63, 3.8) is 0 Å². The number of hydrogen-bond donors (Lipinski definition) is 3. The third kappa shape index (κ3) is 5.64. The fourth-order valence-corrected chi connectivity index (χ4v) is 1.68. The molecule has 0 spiro atoms. The maximum absolute atomic E-state index is 11.7. The predicted molar refractivity (Wildman–Crippen MR) is 73.0 cm³/mol. The highest BCUT2D eigenvalue weighted by molar-refractivity contribution is 5.82. The van der Waals surface area contributed by atoms with E-state index in [4.69, 9.17) is 5.11 Å². The first-order valence-electron chi connectivity index (χ1n) is 6.44. The molecule has 0 aliphatic rings. The molecule has 0 aromatic carbocycles. The normalized spacial score (nSPS) is 12.0. The highest BCUT2D eigenvalue weighted by Crippen LogP contribution is 2.04. The van der Waals surface area contributed by atoms with Crippen LogP contribution >= 0.6 is 0 Å². The lowest BCUT2D eigenvalue weighted by molar-refractivity contribution is -0.139. The Hall–Kier alpha value is -2.18. The second-order valence-corrected chi connectivity index (χ2v) is 4.94. The molecule has 0 saturated heterocycles. The summed E-state index contributed by atoms with van der Waals surface area (Å²) in [6.45, 7) is 5.79. The van der Waals surface area contributed by atoms with Gasteiger partial charge in [-0.05, 0) is 25.3 Å². The quantitative estimate of drug-likeness (QED) is 0.723. The van der Waals surface area contributed by atoms with E-state index in [0.717, 1.165) is 0 Å². The fraction of sp³-hybridized carbons (Fsp3) is 0.538. The number of hydrogen-bond acceptors (Lipinski definition) is 4. The summed E-state index contributed by atoms with van der Waals surface area (Å²) in [4.78, 5) is 30.8. The fourth-order valence-electron chi connectivity index (χ4n) is 1.68. The van der Waals surface area contributed by atoms with Crippen molar-refractivity contribution < 1.29 is 14.7 Å². The Morgan fingerprint density at radius 3 is 2.65 bits per heavy atom. The molecule has 0 aliphatic heterocycles. The third-order valence-corrected chi connectivity index (χ3v) is 2.57. The molecule has 3 N–H and O–H groups in total. The van der Waals surface area contributed by atoms with Gasteiger partial charge in [-0.25, -0.2) is 19.6 Å². The Morgan fingerprint density at radius 2 is 2.10 bits per heavy atom. The third-order valence-electron chi connectivity index (χ3n) is 2.57. The van der Waals surface area contributed by atoms with Crippen LogP contribution in [0.3, 0.4) is 0 Å². The Morgan fingerprint density at radius 1 is 1.40 bits per heavy atom. The molecular weight excluding hydrogens is 260 g/mol. The van der Waals surface area contributed by atoms with Gasteiger partial charge in [0.1, 0.15) is 11.9 Å². The van der Waals surface area contributed by atoms with Gasteiger partial charge in [-0.2, -0.15) is 0 Å². The monoisotopic (exact) mass is 280 g/mol. The molecule has 1 rings (SSSR count). The highest BCUT2D eigenvalue weighted by Gasteiger charge is 2.20. The smallest absolute Gasteiger partial charge is 0.326 e. The Balaban J connectivity index is 2.47. The number of carbonyl (C=O) groups is 2. The van der Waals surface area contributed by atoms with Gasteiger partial charge in [0.2, 0.25) is 0 Å². The second kappa shape index (κ2) is 7.42. The van der Waals surface area contributed by atoms with Crippen molar-refractivity contribution in [2.24, 2.45) is 5.92 Å². The van der Waals surface area contributed by atoms with Gasteiger partial charge in [0.25, 0.3) is 0 Å². The molecule has 1 aromatic rings. The standard InChI is InChI=1S/C13H20N4O3/c1-8(2)6-11(12(18)19)17-13(20)15-7-10-4-5-14-9(3)16-10/h4-5,8,11H,6-7H2,1-3H3,(H,18,19)(H2,15,17,20). The highest BCUT2D eigenvalue weighted by atomic mass is 16.4. The van der Waals surface area contributed by atoms with Crippen molar-refractivity contribution in [1.29, 1.82) is 0 Å². The molecule has 0 radical (unpaired) electrons. The molecule has 0 saturated carbocycles. The maximum atomic E-state index is 11.7. The number of carbonyl (C=O) groups excluding carboxylic acids is 1. The van der Waals surface area contributed by atoms with E-state index in [9.17, 15) is 9.59 Å². The number of carboxylic acid groups (broad SMARTS) is 1. The summed E-state index contributed by atoms with van der Waals surface area (Å²) in [7, 11) is 0. The summed E-state index contributed by atoms with van der Waals surface area (Å²) in [5.41, 5.74) is 0.670. The number of carboxylic acids is 1. The number of urea groups is 1. The topological polar surface area (TPSA) is 104 Å². The van der Waals surface area contributed by atoms with Gasteiger partial charge in [0.15, 0.2) is 0 Å². The van der Waals surface area contributed by atoms with Gasteiger partial charge < -0.3 is 15.7 Å². The van der Waals surface area contributed by atoms with E-state index < -0.39 is 18.0 Å². The van der Waals surface area contributed by atoms with E-state index >= 15 is 0 Å². The summed E-state index contributed by atoms with van der Waals surface area (Å²) >= 11 is 0. The summed E-state index contributed by atoms with van der Waals surface area (Å²) in [5.74, 6) is -0.236. The lowest BCUT2D eigenvalue weighted by atomic mass is 10.0. The van der Waals surface area contributed by atoms with Crippen LogP contribution in [0, 0.1) is 12.8 Å². The molecule has 2 amide bonds. The summed E-state index contributed by atoms with van der Waals surface area (Å²) in [5, 5.41) is 14.1. The van der Waals surface area contributed by atoms with Crippen molar-refractivity contribution in [3.05, 3.63) is 23.8 Å². The van der Waals surface area contributed by atoms with E-state index in [1.165, 1.54) is 0 Å². The largest absolute Gasteiger partial charge is 0.480 e. The molecule has 0 aliphatic carbocycles. The average molecular weight is 280 g/mol. The van der Waals surface area contributed by atoms with Gasteiger partial charge in [0.05, 0.1) is 12.2 Å². The minimum absolute atomic E-state index is 0.181. The molecule has 7 nitrogen and oxygen atoms in total. The Bertz CT molecular complexity index is 476. The molecule has 1 aromatic heterocycles. The molecule has 110 valence electrons. The predicted octanol–water partition coefficient (Wildman–Crippen LogP) is 1.08. The van der Waals surface area contributed by atoms with Gasteiger partial charge in [-0.3, -0.25) is 0 Å². The number of nitrogens with zero attached hydrogens (tertiary/aromatic N) is 2. The van der Waals surface area contributed by atoms with Crippen LogP contribution in [0.5, 0.6) is 0 Å². The van der Waals surface area contributed by atoms with Gasteiger partial charge in [-0.1, -0.05) is 13.8 Å². The van der Waals surface area contributed by atoms with Crippen LogP contribution < -0.4 is 10.6 Å². The lowest BCUT2D eigenvalue weighted by Crippen LogP contribution is -2.46. The van der Waals surface area contributed by atoms with Crippen LogP contribution in [0.15, 0.2) is 12.3 Å². The van der Waals surface area contributed by atoms with E-state index in [1.807, 2.05) is 13.8 Å². The zero-order chi connectivity index (χ0) is 15.1. The SMILES string of the molecule is Cc1nccc(CNC(=O)NC(CC(C)C)C(=O)O)n1. The molecule has 0 bridgehead atoms. The molecule has 1 unspecified atom stereocenters. The summed E-state index contributed by atoms with van der Waals surface area (Å²) < 4.78 is 0. The number of rotatable bonds is 6. The minimum Gasteiger partial charge on any atom is -0.480 e. The number of nitrogens with one attached hydrogen (secondary N) is 2. The van der Waals surface area contributed by atoms with Crippen LogP contribution in [0.1, 0.15) is 31.8 Å². The molecule has 0 fully saturated rings. The first-order chi connectivity index (χ1) is 9.38. The van der Waals surface area contributed by atoms with Gasteiger partial charge >= 0.3 is 12.0 Å². The maximum Gasteiger partial charge on any atom is 0.326 e. The van der Waals surface area contributed by atoms with Gasteiger partial charge in [-0.15, -0.1) is 0 Å². The molecule has 20 heavy (non-hydrogen) atoms. The van der Waals surface area contributed by atoms with E-state index in [-0.39, 0.29) is 12.5 Å². The first kappa shape index (κ1) is 15.9. The van der Waals surface area contributed by atoms with Gasteiger partial charge in [0, 0.05) is 6.20 Å². The van der Waals surface area contributed by atoms with Crippen LogP contribution in [-0.2, 0) is 11.3 Å². The zero-order valence-electron chi connectivity index (χ0n) is 11.9. The van der Waals surface area contributed by atoms with Crippen LogP contribution in [0.4, 0.5) is 4.79 Å². The number of aliphatic carboxylic acids is 1. The molecular formula is C13H20N4O3. The van der Waals surface area contributed by atoms with Crippen molar-refractivity contribution in [2.45, 2.75) is 39.8 Å². The van der Waals surface area contributed by atoms with Crippen molar-refractivity contribution in [1.82, 2.24) is 20.6 Å². The van der Waals surface area contributed by atoms with E-state index in [0.29, 0.717) is 17.9 Å². The van der Waals surface area contributed by atoms with Crippen LogP contribution in [0.2, 0.25) is 0 Å². The second-order valence-electron chi connectivity index (χ2n) is 4.94. The van der Waals surface area contributed by atoms with Crippen LogP contribution in [-0.4, -0.2) is 33.1 Å². The first-order valence-corrected chi connectivity index (χ1v) is 6.44.